The molecule has 30 heavy (non-hydrogen) atoms. The molecule has 2 fully saturated rings. The highest BCUT2D eigenvalue weighted by molar-refractivity contribution is 5.95. The van der Waals surface area contributed by atoms with Crippen molar-refractivity contribution in [1.29, 1.82) is 0 Å². The SMILES string of the molecule is COC(=O)c1cc(C)nc(N2C[C@H]3COC[C@@H]2CN(C(=O)c2cc(C)oc2C)C3)n1. The maximum absolute atomic E-state index is 13.2. The fourth-order valence-corrected chi connectivity index (χ4v) is 4.16. The van der Waals surface area contributed by atoms with Crippen LogP contribution in [0, 0.1) is 26.7 Å². The second-order valence-electron chi connectivity index (χ2n) is 7.93. The second-order valence-corrected chi connectivity index (χ2v) is 7.93. The van der Waals surface area contributed by atoms with E-state index < -0.39 is 5.97 Å². The van der Waals surface area contributed by atoms with E-state index in [0.717, 1.165) is 5.76 Å². The number of aromatic nitrogens is 2. The van der Waals surface area contributed by atoms with Gasteiger partial charge in [-0.15, -0.1) is 0 Å². The number of nitrogens with zero attached hydrogens (tertiary/aromatic N) is 4. The van der Waals surface area contributed by atoms with E-state index in [4.69, 9.17) is 13.9 Å². The molecule has 0 radical (unpaired) electrons. The van der Waals surface area contributed by atoms with Crippen LogP contribution in [0.2, 0.25) is 0 Å². The predicted molar refractivity (Wildman–Crippen MR) is 108 cm³/mol. The largest absolute Gasteiger partial charge is 0.466 e. The van der Waals surface area contributed by atoms with Crippen molar-refractivity contribution in [3.8, 4) is 0 Å². The van der Waals surface area contributed by atoms with E-state index in [0.29, 0.717) is 55.8 Å². The molecule has 2 aliphatic heterocycles. The van der Waals surface area contributed by atoms with Crippen LogP contribution in [0.4, 0.5) is 5.95 Å². The van der Waals surface area contributed by atoms with Gasteiger partial charge in [0.2, 0.25) is 5.95 Å². The van der Waals surface area contributed by atoms with Crippen molar-refractivity contribution in [1.82, 2.24) is 14.9 Å². The molecule has 2 atom stereocenters. The van der Waals surface area contributed by atoms with Crippen LogP contribution < -0.4 is 4.90 Å². The van der Waals surface area contributed by atoms with Gasteiger partial charge in [0.15, 0.2) is 5.69 Å². The first-order valence-electron chi connectivity index (χ1n) is 10.0. The van der Waals surface area contributed by atoms with E-state index in [-0.39, 0.29) is 23.6 Å². The molecule has 0 aromatic carbocycles. The lowest BCUT2D eigenvalue weighted by atomic mass is 10.1. The molecule has 0 saturated carbocycles. The van der Waals surface area contributed by atoms with E-state index in [1.54, 1.807) is 12.1 Å². The summed E-state index contributed by atoms with van der Waals surface area (Å²) in [7, 11) is 1.33. The summed E-state index contributed by atoms with van der Waals surface area (Å²) < 4.78 is 16.2. The van der Waals surface area contributed by atoms with Crippen molar-refractivity contribution in [3.63, 3.8) is 0 Å². The molecule has 4 rings (SSSR count). The van der Waals surface area contributed by atoms with E-state index in [1.165, 1.54) is 7.11 Å². The van der Waals surface area contributed by atoms with Gasteiger partial charge in [-0.05, 0) is 32.9 Å². The van der Waals surface area contributed by atoms with Gasteiger partial charge in [0, 0.05) is 31.2 Å². The van der Waals surface area contributed by atoms with Gasteiger partial charge in [0.25, 0.3) is 5.91 Å². The Morgan fingerprint density at radius 2 is 1.90 bits per heavy atom. The summed E-state index contributed by atoms with van der Waals surface area (Å²) in [6, 6.07) is 3.27. The minimum atomic E-state index is -0.501. The Morgan fingerprint density at radius 3 is 2.60 bits per heavy atom. The van der Waals surface area contributed by atoms with E-state index >= 15 is 0 Å². The van der Waals surface area contributed by atoms with E-state index in [9.17, 15) is 9.59 Å². The molecule has 9 nitrogen and oxygen atoms in total. The molecular weight excluding hydrogens is 388 g/mol. The quantitative estimate of drug-likeness (QED) is 0.701. The normalized spacial score (nSPS) is 21.3. The number of hydrogen-bond acceptors (Lipinski definition) is 8. The maximum Gasteiger partial charge on any atom is 0.356 e. The molecule has 160 valence electrons. The Balaban J connectivity index is 1.64. The zero-order valence-electron chi connectivity index (χ0n) is 17.7. The fourth-order valence-electron chi connectivity index (χ4n) is 4.16. The number of esters is 1. The van der Waals surface area contributed by atoms with Gasteiger partial charge in [-0.25, -0.2) is 14.8 Å². The van der Waals surface area contributed by atoms with Crippen molar-refractivity contribution < 1.29 is 23.5 Å². The molecule has 0 aliphatic carbocycles. The molecule has 2 aliphatic rings. The molecule has 1 amide bonds. The van der Waals surface area contributed by atoms with Gasteiger partial charge in [0.05, 0.1) is 31.9 Å². The Bertz CT molecular complexity index is 972. The summed E-state index contributed by atoms with van der Waals surface area (Å²) in [6.07, 6.45) is 0. The summed E-state index contributed by atoms with van der Waals surface area (Å²) >= 11 is 0. The number of ether oxygens (including phenoxy) is 2. The fraction of sp³-hybridized carbons (Fsp3) is 0.524. The van der Waals surface area contributed by atoms with Gasteiger partial charge < -0.3 is 23.7 Å². The van der Waals surface area contributed by atoms with E-state index in [1.807, 2.05) is 25.7 Å². The molecule has 9 heteroatoms. The monoisotopic (exact) mass is 414 g/mol. The average molecular weight is 414 g/mol. The number of amides is 1. The lowest BCUT2D eigenvalue weighted by Gasteiger charge is -2.31. The Hall–Kier alpha value is -2.94. The number of hydrogen-bond donors (Lipinski definition) is 0. The highest BCUT2D eigenvalue weighted by atomic mass is 16.5. The minimum absolute atomic E-state index is 0.0384. The highest BCUT2D eigenvalue weighted by Gasteiger charge is 2.37. The molecule has 2 bridgehead atoms. The van der Waals surface area contributed by atoms with Gasteiger partial charge in [-0.2, -0.15) is 0 Å². The van der Waals surface area contributed by atoms with Gasteiger partial charge in [0.1, 0.15) is 11.5 Å². The van der Waals surface area contributed by atoms with Crippen molar-refractivity contribution in [2.45, 2.75) is 26.8 Å². The number of fused-ring (bicyclic) bond motifs is 3. The molecular formula is C21H26N4O5. The Kier molecular flexibility index (Phi) is 5.46. The number of carbonyl (C=O) groups is 2. The van der Waals surface area contributed by atoms with Gasteiger partial charge >= 0.3 is 5.97 Å². The average Bonchev–Trinajstić information content (AvgIpc) is 2.86. The smallest absolute Gasteiger partial charge is 0.356 e. The first-order valence-corrected chi connectivity index (χ1v) is 10.0. The third-order valence-electron chi connectivity index (χ3n) is 5.52. The molecule has 0 N–H and O–H groups in total. The lowest BCUT2D eigenvalue weighted by molar-refractivity contribution is 0.0495. The van der Waals surface area contributed by atoms with Crippen LogP contribution in [0.1, 0.15) is 38.1 Å². The third-order valence-corrected chi connectivity index (χ3v) is 5.52. The summed E-state index contributed by atoms with van der Waals surface area (Å²) in [6.45, 7) is 8.16. The van der Waals surface area contributed by atoms with Crippen molar-refractivity contribution in [3.05, 3.63) is 40.6 Å². The predicted octanol–water partition coefficient (Wildman–Crippen LogP) is 1.76. The number of carbonyl (C=O) groups excluding carboxylic acids is 2. The standard InChI is InChI=1S/C21H26N4O5/c1-12-5-18(20(27)28-4)23-21(22-12)25-8-15-7-24(9-16(25)11-29-10-15)19(26)17-6-13(2)30-14(17)3/h5-6,15-16H,7-11H2,1-4H3/t15-,16-/m0/s1. The molecule has 4 heterocycles. The number of furan rings is 1. The van der Waals surface area contributed by atoms with Crippen LogP contribution in [-0.4, -0.2) is 72.7 Å². The number of aryl methyl sites for hydroxylation is 3. The number of methoxy groups -OCH3 is 1. The molecule has 0 spiro atoms. The van der Waals surface area contributed by atoms with Crippen LogP contribution in [0.25, 0.3) is 0 Å². The maximum atomic E-state index is 13.2. The van der Waals surface area contributed by atoms with Gasteiger partial charge in [-0.1, -0.05) is 0 Å². The second kappa shape index (κ2) is 8.06. The third kappa shape index (κ3) is 3.89. The summed E-state index contributed by atoms with van der Waals surface area (Å²) in [5.74, 6) is 1.37. The van der Waals surface area contributed by atoms with Crippen molar-refractivity contribution in [2.75, 3.05) is 44.9 Å². The Morgan fingerprint density at radius 1 is 1.10 bits per heavy atom. The summed E-state index contributed by atoms with van der Waals surface area (Å²) in [4.78, 5) is 38.1. The molecule has 2 saturated heterocycles. The molecule has 2 aromatic heterocycles. The first-order chi connectivity index (χ1) is 14.4. The first kappa shape index (κ1) is 20.3. The summed E-state index contributed by atoms with van der Waals surface area (Å²) in [5, 5.41) is 0. The lowest BCUT2D eigenvalue weighted by Crippen LogP contribution is -2.46. The highest BCUT2D eigenvalue weighted by Crippen LogP contribution is 2.26. The van der Waals surface area contributed by atoms with Crippen LogP contribution >= 0.6 is 0 Å². The zero-order valence-corrected chi connectivity index (χ0v) is 17.7. The molecule has 2 aromatic rings. The van der Waals surface area contributed by atoms with Crippen LogP contribution in [-0.2, 0) is 9.47 Å². The van der Waals surface area contributed by atoms with Crippen molar-refractivity contribution >= 4 is 17.8 Å². The van der Waals surface area contributed by atoms with Crippen LogP contribution in [0.15, 0.2) is 16.5 Å². The summed E-state index contributed by atoms with van der Waals surface area (Å²) in [5.41, 5.74) is 1.49. The van der Waals surface area contributed by atoms with Crippen molar-refractivity contribution in [2.24, 2.45) is 5.92 Å². The van der Waals surface area contributed by atoms with Gasteiger partial charge in [-0.3, -0.25) is 4.79 Å². The zero-order chi connectivity index (χ0) is 21.4. The minimum Gasteiger partial charge on any atom is -0.466 e. The molecule has 0 unspecified atom stereocenters. The Labute approximate surface area is 175 Å². The number of rotatable bonds is 3. The van der Waals surface area contributed by atoms with E-state index in [2.05, 4.69) is 14.9 Å². The van der Waals surface area contributed by atoms with Crippen LogP contribution in [0.5, 0.6) is 0 Å². The van der Waals surface area contributed by atoms with Crippen LogP contribution in [0.3, 0.4) is 0 Å². The topological polar surface area (TPSA) is 98.0 Å². The number of anilines is 1.